The molecule has 0 bridgehead atoms. The molecule has 8 heteroatoms. The molecule has 136 valence electrons. The largest absolute Gasteiger partial charge is 0.338 e. The zero-order valence-electron chi connectivity index (χ0n) is 14.4. The summed E-state index contributed by atoms with van der Waals surface area (Å²) in [4.78, 5) is 21.2. The number of hydrogen-bond donors (Lipinski definition) is 0. The number of nitrogens with zero attached hydrogens (tertiary/aromatic N) is 4. The molecule has 0 saturated heterocycles. The van der Waals surface area contributed by atoms with E-state index in [4.69, 9.17) is 16.1 Å². The van der Waals surface area contributed by atoms with Crippen LogP contribution in [0.15, 0.2) is 57.8 Å². The van der Waals surface area contributed by atoms with E-state index in [0.717, 1.165) is 17.0 Å². The molecule has 0 aliphatic rings. The molecule has 4 aromatic rings. The quantitative estimate of drug-likeness (QED) is 0.503. The van der Waals surface area contributed by atoms with Crippen molar-refractivity contribution in [2.24, 2.45) is 0 Å². The van der Waals surface area contributed by atoms with E-state index in [0.29, 0.717) is 33.9 Å². The summed E-state index contributed by atoms with van der Waals surface area (Å²) in [5.41, 5.74) is 3.02. The van der Waals surface area contributed by atoms with Gasteiger partial charge in [-0.15, -0.1) is 11.8 Å². The second-order valence-electron chi connectivity index (χ2n) is 5.96. The normalized spacial score (nSPS) is 11.2. The summed E-state index contributed by atoms with van der Waals surface area (Å²) in [7, 11) is 0. The Kier molecular flexibility index (Phi) is 4.96. The number of thioether (sulfide) groups is 1. The average Bonchev–Trinajstić information content (AvgIpc) is 3.11. The Bertz CT molecular complexity index is 1150. The van der Waals surface area contributed by atoms with E-state index in [1.807, 2.05) is 37.3 Å². The molecular weight excluding hydrogens is 384 g/mol. The maximum atomic E-state index is 12.3. The van der Waals surface area contributed by atoms with Crippen molar-refractivity contribution in [3.8, 4) is 11.4 Å². The van der Waals surface area contributed by atoms with Crippen molar-refractivity contribution in [2.75, 3.05) is 0 Å². The van der Waals surface area contributed by atoms with Crippen LogP contribution >= 0.6 is 23.4 Å². The lowest BCUT2D eigenvalue weighted by molar-refractivity contribution is 0.391. The van der Waals surface area contributed by atoms with Crippen molar-refractivity contribution >= 4 is 29.0 Å². The molecule has 0 aliphatic carbocycles. The van der Waals surface area contributed by atoms with E-state index in [2.05, 4.69) is 15.1 Å². The second kappa shape index (κ2) is 7.54. The van der Waals surface area contributed by atoms with Gasteiger partial charge < -0.3 is 4.52 Å². The smallest absolute Gasteiger partial charge is 0.258 e. The van der Waals surface area contributed by atoms with Gasteiger partial charge in [0.15, 0.2) is 0 Å². The Morgan fingerprint density at radius 2 is 1.93 bits per heavy atom. The molecule has 0 atom stereocenters. The van der Waals surface area contributed by atoms with Crippen LogP contribution < -0.4 is 5.56 Å². The molecule has 3 heterocycles. The van der Waals surface area contributed by atoms with E-state index < -0.39 is 0 Å². The fourth-order valence-electron chi connectivity index (χ4n) is 2.71. The molecular formula is C19H15ClN4O2S. The molecule has 4 rings (SSSR count). The highest BCUT2D eigenvalue weighted by Crippen LogP contribution is 2.21. The topological polar surface area (TPSA) is 73.3 Å². The SMILES string of the molecule is Cc1cccc2nc(CSCc3nc(-c4ccc(Cl)cc4)no3)cc(=O)n12. The molecule has 0 saturated carbocycles. The van der Waals surface area contributed by atoms with Crippen molar-refractivity contribution < 1.29 is 4.52 Å². The Balaban J connectivity index is 1.44. The van der Waals surface area contributed by atoms with Crippen molar-refractivity contribution in [2.45, 2.75) is 18.4 Å². The van der Waals surface area contributed by atoms with Gasteiger partial charge in [-0.1, -0.05) is 22.8 Å². The van der Waals surface area contributed by atoms with Crippen LogP contribution in [0.1, 0.15) is 17.3 Å². The van der Waals surface area contributed by atoms with Crippen LogP contribution in [0.4, 0.5) is 0 Å². The molecule has 0 amide bonds. The monoisotopic (exact) mass is 398 g/mol. The van der Waals surface area contributed by atoms with Gasteiger partial charge in [-0.05, 0) is 43.3 Å². The Morgan fingerprint density at radius 3 is 2.74 bits per heavy atom. The molecule has 0 unspecified atom stereocenters. The van der Waals surface area contributed by atoms with E-state index in [1.165, 1.54) is 0 Å². The van der Waals surface area contributed by atoms with Crippen LogP contribution in [0.3, 0.4) is 0 Å². The molecule has 0 N–H and O–H groups in total. The Labute approximate surface area is 164 Å². The lowest BCUT2D eigenvalue weighted by atomic mass is 10.2. The van der Waals surface area contributed by atoms with Crippen molar-refractivity contribution in [1.82, 2.24) is 19.5 Å². The Hall–Kier alpha value is -2.64. The maximum absolute atomic E-state index is 12.3. The van der Waals surface area contributed by atoms with E-state index >= 15 is 0 Å². The van der Waals surface area contributed by atoms with Crippen LogP contribution in [0, 0.1) is 6.92 Å². The molecule has 0 aliphatic heterocycles. The highest BCUT2D eigenvalue weighted by molar-refractivity contribution is 7.97. The summed E-state index contributed by atoms with van der Waals surface area (Å²) in [5.74, 6) is 2.17. The van der Waals surface area contributed by atoms with Gasteiger partial charge in [-0.3, -0.25) is 9.20 Å². The van der Waals surface area contributed by atoms with Crippen molar-refractivity contribution in [1.29, 1.82) is 0 Å². The first kappa shape index (κ1) is 17.8. The lowest BCUT2D eigenvalue weighted by Gasteiger charge is -2.05. The van der Waals surface area contributed by atoms with Crippen molar-refractivity contribution in [3.63, 3.8) is 0 Å². The van der Waals surface area contributed by atoms with Crippen LogP contribution in [-0.2, 0) is 11.5 Å². The van der Waals surface area contributed by atoms with Crippen LogP contribution in [0.25, 0.3) is 17.0 Å². The summed E-state index contributed by atoms with van der Waals surface area (Å²) >= 11 is 7.45. The number of fused-ring (bicyclic) bond motifs is 1. The maximum Gasteiger partial charge on any atom is 0.258 e. The van der Waals surface area contributed by atoms with Gasteiger partial charge in [0.2, 0.25) is 11.7 Å². The zero-order valence-corrected chi connectivity index (χ0v) is 16.0. The zero-order chi connectivity index (χ0) is 18.8. The van der Waals surface area contributed by atoms with Gasteiger partial charge in [-0.25, -0.2) is 4.98 Å². The minimum Gasteiger partial charge on any atom is -0.338 e. The van der Waals surface area contributed by atoms with E-state index in [-0.39, 0.29) is 5.56 Å². The van der Waals surface area contributed by atoms with Gasteiger partial charge in [0, 0.05) is 28.1 Å². The van der Waals surface area contributed by atoms with Gasteiger partial charge in [0.05, 0.1) is 11.4 Å². The number of halogens is 1. The molecule has 0 fully saturated rings. The fourth-order valence-corrected chi connectivity index (χ4v) is 3.59. The minimum absolute atomic E-state index is 0.0727. The van der Waals surface area contributed by atoms with E-state index in [9.17, 15) is 4.79 Å². The second-order valence-corrected chi connectivity index (χ2v) is 7.38. The average molecular weight is 399 g/mol. The first-order chi connectivity index (χ1) is 13.1. The number of benzene rings is 1. The third kappa shape index (κ3) is 3.89. The van der Waals surface area contributed by atoms with Crippen LogP contribution in [-0.4, -0.2) is 19.5 Å². The highest BCUT2D eigenvalue weighted by atomic mass is 35.5. The number of rotatable bonds is 5. The fraction of sp³-hybridized carbons (Fsp3) is 0.158. The molecule has 6 nitrogen and oxygen atoms in total. The van der Waals surface area contributed by atoms with Gasteiger partial charge in [0.1, 0.15) is 5.65 Å². The first-order valence-electron chi connectivity index (χ1n) is 8.25. The molecule has 27 heavy (non-hydrogen) atoms. The standard InChI is InChI=1S/C19H15ClN4O2S/c1-12-3-2-4-16-21-15(9-18(25)24(12)16)10-27-11-17-22-19(23-26-17)13-5-7-14(20)8-6-13/h2-9H,10-11H2,1H3. The highest BCUT2D eigenvalue weighted by Gasteiger charge is 2.10. The third-order valence-electron chi connectivity index (χ3n) is 3.98. The van der Waals surface area contributed by atoms with E-state index in [1.54, 1.807) is 34.4 Å². The van der Waals surface area contributed by atoms with Crippen molar-refractivity contribution in [3.05, 3.63) is 81.2 Å². The molecule has 3 aromatic heterocycles. The lowest BCUT2D eigenvalue weighted by Crippen LogP contribution is -2.17. The number of aromatic nitrogens is 4. The van der Waals surface area contributed by atoms with Gasteiger partial charge >= 0.3 is 0 Å². The molecule has 0 radical (unpaired) electrons. The van der Waals surface area contributed by atoms with Gasteiger partial charge in [-0.2, -0.15) is 4.98 Å². The number of aryl methyl sites for hydroxylation is 1. The summed E-state index contributed by atoms with van der Waals surface area (Å²) in [6.07, 6.45) is 0. The predicted molar refractivity (Wildman–Crippen MR) is 106 cm³/mol. The summed E-state index contributed by atoms with van der Waals surface area (Å²) in [6.45, 7) is 1.89. The first-order valence-corrected chi connectivity index (χ1v) is 9.78. The summed E-state index contributed by atoms with van der Waals surface area (Å²) in [5, 5.41) is 4.65. The van der Waals surface area contributed by atoms with Gasteiger partial charge in [0.25, 0.3) is 5.56 Å². The minimum atomic E-state index is -0.0727. The van der Waals surface area contributed by atoms with Crippen LogP contribution in [0.5, 0.6) is 0 Å². The number of pyridine rings is 1. The van der Waals surface area contributed by atoms with Crippen LogP contribution in [0.2, 0.25) is 5.02 Å². The predicted octanol–water partition coefficient (Wildman–Crippen LogP) is 4.14. The molecule has 0 spiro atoms. The molecule has 1 aromatic carbocycles. The Morgan fingerprint density at radius 1 is 1.11 bits per heavy atom. The third-order valence-corrected chi connectivity index (χ3v) is 5.18. The summed E-state index contributed by atoms with van der Waals surface area (Å²) < 4.78 is 6.90. The summed E-state index contributed by atoms with van der Waals surface area (Å²) in [6, 6.07) is 14.4. The number of hydrogen-bond acceptors (Lipinski definition) is 6.